The van der Waals surface area contributed by atoms with Crippen LogP contribution in [0.4, 0.5) is 0 Å². The molecule has 1 atom stereocenters. The van der Waals surface area contributed by atoms with E-state index in [0.717, 1.165) is 71.3 Å². The van der Waals surface area contributed by atoms with Gasteiger partial charge in [-0.2, -0.15) is 0 Å². The molecule has 8 nitrogen and oxygen atoms in total. The van der Waals surface area contributed by atoms with Gasteiger partial charge >= 0.3 is 5.97 Å². The molecule has 1 unspecified atom stereocenters. The lowest BCUT2D eigenvalue weighted by atomic mass is 9.85. The van der Waals surface area contributed by atoms with Gasteiger partial charge in [0, 0.05) is 31.1 Å². The van der Waals surface area contributed by atoms with Crippen molar-refractivity contribution in [1.29, 1.82) is 0 Å². The summed E-state index contributed by atoms with van der Waals surface area (Å²) in [5, 5.41) is 8.85. The lowest BCUT2D eigenvalue weighted by Crippen LogP contribution is -2.36. The first-order valence-corrected chi connectivity index (χ1v) is 14.0. The summed E-state index contributed by atoms with van der Waals surface area (Å²) in [6.45, 7) is 4.56. The number of hydrogen-bond acceptors (Lipinski definition) is 6. The number of nitrogens with zero attached hydrogens (tertiary/aromatic N) is 4. The zero-order chi connectivity index (χ0) is 27.6. The third-order valence-corrected chi connectivity index (χ3v) is 8.18. The Morgan fingerprint density at radius 2 is 1.85 bits per heavy atom. The van der Waals surface area contributed by atoms with Crippen LogP contribution in [-0.4, -0.2) is 52.0 Å². The van der Waals surface area contributed by atoms with Gasteiger partial charge in [0.1, 0.15) is 11.3 Å². The van der Waals surface area contributed by atoms with E-state index in [1.54, 1.807) is 0 Å². The van der Waals surface area contributed by atoms with Crippen molar-refractivity contribution in [2.45, 2.75) is 58.0 Å². The maximum atomic E-state index is 13.6. The highest BCUT2D eigenvalue weighted by atomic mass is 16.5. The van der Waals surface area contributed by atoms with Gasteiger partial charge in [-0.1, -0.05) is 29.5 Å². The smallest absolute Gasteiger partial charge is 0.306 e. The molecule has 0 fully saturated rings. The highest BCUT2D eigenvalue weighted by molar-refractivity contribution is 5.96. The Labute approximate surface area is 233 Å². The van der Waals surface area contributed by atoms with Gasteiger partial charge in [0.2, 0.25) is 0 Å². The third-order valence-electron chi connectivity index (χ3n) is 8.18. The molecule has 1 amide bonds. The number of methoxy groups -OCH3 is 1. The summed E-state index contributed by atoms with van der Waals surface area (Å²) in [7, 11) is 1.42. The topological polar surface area (TPSA) is 86.5 Å². The van der Waals surface area contributed by atoms with Crippen molar-refractivity contribution in [2.75, 3.05) is 20.3 Å². The Hall–Kier alpha value is -4.20. The van der Waals surface area contributed by atoms with E-state index in [0.29, 0.717) is 25.3 Å². The Kier molecular flexibility index (Phi) is 7.24. The number of carbonyl (C=O) groups is 2. The van der Waals surface area contributed by atoms with E-state index in [2.05, 4.69) is 40.6 Å². The summed E-state index contributed by atoms with van der Waals surface area (Å²) in [6.07, 6.45) is 3.90. The number of rotatable bonds is 2. The maximum Gasteiger partial charge on any atom is 0.306 e. The van der Waals surface area contributed by atoms with Crippen molar-refractivity contribution < 1.29 is 19.1 Å². The van der Waals surface area contributed by atoms with Gasteiger partial charge in [-0.05, 0) is 90.8 Å². The second-order valence-corrected chi connectivity index (χ2v) is 10.8. The Bertz CT molecular complexity index is 1580. The number of benzene rings is 3. The van der Waals surface area contributed by atoms with E-state index < -0.39 is 0 Å². The van der Waals surface area contributed by atoms with Crippen LogP contribution in [0.1, 0.15) is 69.8 Å². The lowest BCUT2D eigenvalue weighted by molar-refractivity contribution is -0.140. The molecule has 206 valence electrons. The molecule has 9 bridgehead atoms. The number of ether oxygens (including phenoxy) is 2. The van der Waals surface area contributed by atoms with Gasteiger partial charge in [-0.25, -0.2) is 4.68 Å². The number of esters is 1. The van der Waals surface area contributed by atoms with Crippen LogP contribution in [0.15, 0.2) is 54.6 Å². The number of aromatic nitrogens is 3. The van der Waals surface area contributed by atoms with Crippen LogP contribution in [0, 0.1) is 6.92 Å². The molecule has 4 aromatic rings. The molecule has 0 N–H and O–H groups in total. The minimum atomic E-state index is -0.271. The molecule has 0 aliphatic carbocycles. The van der Waals surface area contributed by atoms with E-state index in [1.807, 2.05) is 40.8 Å². The molecule has 0 radical (unpaired) electrons. The summed E-state index contributed by atoms with van der Waals surface area (Å²) < 4.78 is 13.0. The predicted octanol–water partition coefficient (Wildman–Crippen LogP) is 5.20. The molecular formula is C32H34N4O4. The van der Waals surface area contributed by atoms with Crippen LogP contribution >= 0.6 is 0 Å². The third kappa shape index (κ3) is 5.18. The average Bonchev–Trinajstić information content (AvgIpc) is 3.38. The molecule has 3 aromatic carbocycles. The van der Waals surface area contributed by atoms with Crippen LogP contribution in [0.2, 0.25) is 0 Å². The second-order valence-electron chi connectivity index (χ2n) is 10.8. The quantitative estimate of drug-likeness (QED) is 0.326. The molecule has 8 heteroatoms. The standard InChI is InChI=1S/C32H34N4O4/c1-21-16-26-9-10-27(21)32(38)35-14-12-22-6-7-23(17-25(22)20-35)28(19-31(37)39-2)24-8-11-30-29(18-24)33-34-36(30)13-4-3-5-15-40-26/h6-11,16-18,28H,3-5,12-15,19-20H2,1-2H3. The van der Waals surface area contributed by atoms with Gasteiger partial charge in [-0.15, -0.1) is 5.10 Å². The monoisotopic (exact) mass is 538 g/mol. The molecular weight excluding hydrogens is 504 g/mol. The normalized spacial score (nSPS) is 17.6. The van der Waals surface area contributed by atoms with Crippen molar-refractivity contribution >= 4 is 22.9 Å². The van der Waals surface area contributed by atoms with Crippen LogP contribution < -0.4 is 4.74 Å². The fraction of sp³-hybridized carbons (Fsp3) is 0.375. The molecule has 40 heavy (non-hydrogen) atoms. The number of hydrogen-bond donors (Lipinski definition) is 0. The fourth-order valence-corrected chi connectivity index (χ4v) is 5.88. The summed E-state index contributed by atoms with van der Waals surface area (Å²) in [4.78, 5) is 28.0. The van der Waals surface area contributed by atoms with Crippen molar-refractivity contribution in [3.05, 3.63) is 88.0 Å². The zero-order valence-corrected chi connectivity index (χ0v) is 23.1. The molecule has 9 rings (SSSR count). The Morgan fingerprint density at radius 1 is 1.00 bits per heavy atom. The van der Waals surface area contributed by atoms with Crippen LogP contribution in [0.25, 0.3) is 11.0 Å². The summed E-state index contributed by atoms with van der Waals surface area (Å²) in [5.74, 6) is 0.347. The van der Waals surface area contributed by atoms with Crippen molar-refractivity contribution in [3.8, 4) is 5.75 Å². The molecule has 5 aliphatic heterocycles. The first kappa shape index (κ1) is 26.0. The average molecular weight is 539 g/mol. The maximum absolute atomic E-state index is 13.6. The highest BCUT2D eigenvalue weighted by Crippen LogP contribution is 2.33. The molecule has 6 heterocycles. The first-order valence-electron chi connectivity index (χ1n) is 14.0. The van der Waals surface area contributed by atoms with Gasteiger partial charge < -0.3 is 14.4 Å². The first-order chi connectivity index (χ1) is 19.5. The molecule has 0 spiro atoms. The van der Waals surface area contributed by atoms with Crippen LogP contribution in [0.5, 0.6) is 5.75 Å². The highest BCUT2D eigenvalue weighted by Gasteiger charge is 2.26. The fourth-order valence-electron chi connectivity index (χ4n) is 5.88. The van der Waals surface area contributed by atoms with E-state index in [1.165, 1.54) is 12.7 Å². The molecule has 0 saturated heterocycles. The SMILES string of the molecule is COC(=O)CC1c2ccc3c(c2)CN(CC3)C(=O)c2ccc(cc2C)OCCCCCn2nnc3cc1ccc32. The van der Waals surface area contributed by atoms with Gasteiger partial charge in [0.25, 0.3) is 5.91 Å². The van der Waals surface area contributed by atoms with Crippen molar-refractivity contribution in [2.24, 2.45) is 0 Å². The van der Waals surface area contributed by atoms with E-state index in [4.69, 9.17) is 9.47 Å². The Balaban J connectivity index is 1.40. The minimum Gasteiger partial charge on any atom is -0.494 e. The minimum absolute atomic E-state index is 0.0295. The zero-order valence-electron chi connectivity index (χ0n) is 23.1. The summed E-state index contributed by atoms with van der Waals surface area (Å²) in [5.41, 5.74) is 7.77. The molecule has 1 aromatic heterocycles. The van der Waals surface area contributed by atoms with E-state index in [9.17, 15) is 9.59 Å². The predicted molar refractivity (Wildman–Crippen MR) is 151 cm³/mol. The number of carbonyl (C=O) groups excluding carboxylic acids is 2. The van der Waals surface area contributed by atoms with Gasteiger partial charge in [0.15, 0.2) is 0 Å². The largest absolute Gasteiger partial charge is 0.494 e. The van der Waals surface area contributed by atoms with Gasteiger partial charge in [-0.3, -0.25) is 9.59 Å². The lowest BCUT2D eigenvalue weighted by Gasteiger charge is -2.30. The molecule has 0 saturated carbocycles. The van der Waals surface area contributed by atoms with E-state index >= 15 is 0 Å². The van der Waals surface area contributed by atoms with E-state index in [-0.39, 0.29) is 24.2 Å². The van der Waals surface area contributed by atoms with Crippen LogP contribution in [-0.2, 0) is 29.0 Å². The van der Waals surface area contributed by atoms with Crippen molar-refractivity contribution in [3.63, 3.8) is 0 Å². The molecule has 5 aliphatic rings. The van der Waals surface area contributed by atoms with Crippen LogP contribution in [0.3, 0.4) is 0 Å². The van der Waals surface area contributed by atoms with Gasteiger partial charge in [0.05, 0.1) is 25.7 Å². The summed E-state index contributed by atoms with van der Waals surface area (Å²) >= 11 is 0. The number of aryl methyl sites for hydroxylation is 2. The Morgan fingerprint density at radius 3 is 2.70 bits per heavy atom. The summed E-state index contributed by atoms with van der Waals surface area (Å²) in [6, 6.07) is 18.3. The second kappa shape index (κ2) is 11.1. The van der Waals surface area contributed by atoms with Crippen molar-refractivity contribution in [1.82, 2.24) is 19.9 Å². The number of amides is 1.